The third-order valence-corrected chi connectivity index (χ3v) is 4.83. The van der Waals surface area contributed by atoms with Crippen molar-refractivity contribution in [3.63, 3.8) is 0 Å². The van der Waals surface area contributed by atoms with Crippen LogP contribution in [-0.4, -0.2) is 16.6 Å². The summed E-state index contributed by atoms with van der Waals surface area (Å²) < 4.78 is 13.4. The van der Waals surface area contributed by atoms with E-state index in [2.05, 4.69) is 0 Å². The van der Waals surface area contributed by atoms with Crippen molar-refractivity contribution in [3.05, 3.63) is 50.6 Å². The molecular weight excluding hydrogens is 295 g/mol. The molecule has 0 saturated heterocycles. The summed E-state index contributed by atoms with van der Waals surface area (Å²) in [4.78, 5) is 13.0. The Labute approximate surface area is 124 Å². The average Bonchev–Trinajstić information content (AvgIpc) is 3.01. The minimum atomic E-state index is -0.767. The number of hydrogen-bond acceptors (Lipinski definition) is 5. The van der Waals surface area contributed by atoms with E-state index in [-0.39, 0.29) is 11.5 Å². The van der Waals surface area contributed by atoms with Gasteiger partial charge in [0.2, 0.25) is 0 Å². The summed E-state index contributed by atoms with van der Waals surface area (Å²) >= 11 is 1.17. The predicted molar refractivity (Wildman–Crippen MR) is 78.7 cm³/mol. The van der Waals surface area contributed by atoms with Crippen molar-refractivity contribution in [1.82, 2.24) is 0 Å². The van der Waals surface area contributed by atoms with Crippen LogP contribution in [0, 0.1) is 15.9 Å². The van der Waals surface area contributed by atoms with E-state index in [4.69, 9.17) is 0 Å². The highest BCUT2D eigenvalue weighted by Crippen LogP contribution is 2.46. The van der Waals surface area contributed by atoms with Crippen LogP contribution in [0.3, 0.4) is 0 Å². The molecular formula is C14H13FN2O3S. The summed E-state index contributed by atoms with van der Waals surface area (Å²) in [5.41, 5.74) is 1.59. The summed E-state index contributed by atoms with van der Waals surface area (Å²) in [6.07, 6.45) is -0.0497. The SMILES string of the molecule is C[C@@H](O)c1cc([N+](=O)[O-])c(N2CCc3ccc(F)cc32)s1. The van der Waals surface area contributed by atoms with Gasteiger partial charge in [0.15, 0.2) is 5.00 Å². The third-order valence-electron chi connectivity index (χ3n) is 3.51. The van der Waals surface area contributed by atoms with E-state index in [9.17, 15) is 19.6 Å². The topological polar surface area (TPSA) is 66.6 Å². The zero-order valence-corrected chi connectivity index (χ0v) is 12.1. The van der Waals surface area contributed by atoms with Gasteiger partial charge in [0.1, 0.15) is 5.82 Å². The molecule has 0 saturated carbocycles. The van der Waals surface area contributed by atoms with Crippen LogP contribution >= 0.6 is 11.3 Å². The van der Waals surface area contributed by atoms with Gasteiger partial charge in [-0.05, 0) is 31.0 Å². The van der Waals surface area contributed by atoms with Gasteiger partial charge in [-0.1, -0.05) is 6.07 Å². The van der Waals surface area contributed by atoms with Crippen LogP contribution in [0.1, 0.15) is 23.5 Å². The Bertz CT molecular complexity index is 714. The molecule has 3 rings (SSSR count). The van der Waals surface area contributed by atoms with Crippen molar-refractivity contribution in [2.75, 3.05) is 11.4 Å². The lowest BCUT2D eigenvalue weighted by atomic mass is 10.2. The number of nitrogens with zero attached hydrogens (tertiary/aromatic N) is 2. The van der Waals surface area contributed by atoms with E-state index in [1.807, 2.05) is 0 Å². The summed E-state index contributed by atoms with van der Waals surface area (Å²) in [6, 6.07) is 5.89. The first kappa shape index (κ1) is 14.0. The number of rotatable bonds is 3. The molecule has 1 aliphatic rings. The van der Waals surface area contributed by atoms with Crippen molar-refractivity contribution in [3.8, 4) is 0 Å². The van der Waals surface area contributed by atoms with E-state index in [0.29, 0.717) is 28.5 Å². The summed E-state index contributed by atoms with van der Waals surface area (Å²) in [5, 5.41) is 21.3. The van der Waals surface area contributed by atoms with E-state index < -0.39 is 11.0 Å². The maximum atomic E-state index is 13.4. The Morgan fingerprint density at radius 3 is 2.90 bits per heavy atom. The highest BCUT2D eigenvalue weighted by molar-refractivity contribution is 7.16. The van der Waals surface area contributed by atoms with Crippen molar-refractivity contribution in [2.24, 2.45) is 0 Å². The number of halogens is 1. The molecule has 1 atom stereocenters. The molecule has 0 unspecified atom stereocenters. The minimum absolute atomic E-state index is 0.0481. The van der Waals surface area contributed by atoms with Gasteiger partial charge in [-0.25, -0.2) is 4.39 Å². The van der Waals surface area contributed by atoms with E-state index >= 15 is 0 Å². The zero-order valence-electron chi connectivity index (χ0n) is 11.2. The van der Waals surface area contributed by atoms with Gasteiger partial charge in [0.05, 0.1) is 11.0 Å². The van der Waals surface area contributed by atoms with Crippen molar-refractivity contribution in [1.29, 1.82) is 0 Å². The second-order valence-corrected chi connectivity index (χ2v) is 6.01. The molecule has 0 spiro atoms. The van der Waals surface area contributed by atoms with Gasteiger partial charge < -0.3 is 10.0 Å². The van der Waals surface area contributed by atoms with Crippen LogP contribution in [0.5, 0.6) is 0 Å². The molecule has 1 N–H and O–H groups in total. The molecule has 21 heavy (non-hydrogen) atoms. The lowest BCUT2D eigenvalue weighted by molar-refractivity contribution is -0.383. The van der Waals surface area contributed by atoms with Crippen molar-refractivity contribution in [2.45, 2.75) is 19.4 Å². The number of nitro groups is 1. The Hall–Kier alpha value is -1.99. The highest BCUT2D eigenvalue weighted by atomic mass is 32.1. The smallest absolute Gasteiger partial charge is 0.304 e. The Morgan fingerprint density at radius 2 is 2.24 bits per heavy atom. The van der Waals surface area contributed by atoms with Gasteiger partial charge in [-0.2, -0.15) is 0 Å². The van der Waals surface area contributed by atoms with E-state index in [1.54, 1.807) is 17.9 Å². The molecule has 1 aromatic carbocycles. The van der Waals surface area contributed by atoms with Gasteiger partial charge in [0, 0.05) is 23.2 Å². The second kappa shape index (κ2) is 5.09. The largest absolute Gasteiger partial charge is 0.388 e. The number of aliphatic hydroxyl groups is 1. The fraction of sp³-hybridized carbons (Fsp3) is 0.286. The molecule has 1 aromatic heterocycles. The lowest BCUT2D eigenvalue weighted by Gasteiger charge is -2.16. The molecule has 0 radical (unpaired) electrons. The number of thiophene rings is 1. The normalized spacial score (nSPS) is 15.1. The summed E-state index contributed by atoms with van der Waals surface area (Å²) in [7, 11) is 0. The minimum Gasteiger partial charge on any atom is -0.388 e. The first-order chi connectivity index (χ1) is 9.97. The standard InChI is InChI=1S/C14H13FN2O3S/c1-8(18)13-7-12(17(19)20)14(21-13)16-5-4-9-2-3-10(15)6-11(9)16/h2-3,6-8,18H,4-5H2,1H3/t8-/m1/s1. The Balaban J connectivity index is 2.10. The molecule has 110 valence electrons. The van der Waals surface area contributed by atoms with Gasteiger partial charge in [0.25, 0.3) is 0 Å². The molecule has 5 nitrogen and oxygen atoms in total. The zero-order chi connectivity index (χ0) is 15.1. The van der Waals surface area contributed by atoms with E-state index in [1.165, 1.54) is 29.5 Å². The molecule has 2 aromatic rings. The predicted octanol–water partition coefficient (Wildman–Crippen LogP) is 3.54. The van der Waals surface area contributed by atoms with Gasteiger partial charge in [-0.3, -0.25) is 10.1 Å². The van der Waals surface area contributed by atoms with Crippen LogP contribution < -0.4 is 4.90 Å². The highest BCUT2D eigenvalue weighted by Gasteiger charge is 2.30. The van der Waals surface area contributed by atoms with Gasteiger partial charge in [-0.15, -0.1) is 11.3 Å². The van der Waals surface area contributed by atoms with Crippen molar-refractivity contribution < 1.29 is 14.4 Å². The third kappa shape index (κ3) is 2.38. The fourth-order valence-corrected chi connectivity index (χ4v) is 3.59. The first-order valence-electron chi connectivity index (χ1n) is 6.49. The van der Waals surface area contributed by atoms with E-state index in [0.717, 1.165) is 5.56 Å². The molecule has 7 heteroatoms. The number of fused-ring (bicyclic) bond motifs is 1. The quantitative estimate of drug-likeness (QED) is 0.695. The number of hydrogen-bond donors (Lipinski definition) is 1. The Kier molecular flexibility index (Phi) is 3.38. The second-order valence-electron chi connectivity index (χ2n) is 4.95. The summed E-state index contributed by atoms with van der Waals surface area (Å²) in [5.74, 6) is -0.365. The van der Waals surface area contributed by atoms with Crippen molar-refractivity contribution >= 4 is 27.7 Å². The summed E-state index contributed by atoms with van der Waals surface area (Å²) in [6.45, 7) is 2.14. The monoisotopic (exact) mass is 308 g/mol. The molecule has 0 fully saturated rings. The lowest BCUT2D eigenvalue weighted by Crippen LogP contribution is -2.13. The molecule has 1 aliphatic heterocycles. The van der Waals surface area contributed by atoms with Crippen LogP contribution in [-0.2, 0) is 6.42 Å². The van der Waals surface area contributed by atoms with Crippen LogP contribution in [0.25, 0.3) is 0 Å². The maximum absolute atomic E-state index is 13.4. The number of benzene rings is 1. The van der Waals surface area contributed by atoms with Crippen LogP contribution in [0.15, 0.2) is 24.3 Å². The average molecular weight is 308 g/mol. The fourth-order valence-electron chi connectivity index (χ4n) is 2.48. The molecule has 2 heterocycles. The Morgan fingerprint density at radius 1 is 1.48 bits per heavy atom. The first-order valence-corrected chi connectivity index (χ1v) is 7.31. The van der Waals surface area contributed by atoms with Crippen LogP contribution in [0.4, 0.5) is 20.8 Å². The number of aliphatic hydroxyl groups excluding tert-OH is 1. The number of anilines is 2. The van der Waals surface area contributed by atoms with Gasteiger partial charge >= 0.3 is 5.69 Å². The molecule has 0 bridgehead atoms. The molecule has 0 aliphatic carbocycles. The molecule has 0 amide bonds. The van der Waals surface area contributed by atoms with Crippen LogP contribution in [0.2, 0.25) is 0 Å². The maximum Gasteiger partial charge on any atom is 0.304 e.